The van der Waals surface area contributed by atoms with E-state index in [1.54, 1.807) is 13.8 Å². The summed E-state index contributed by atoms with van der Waals surface area (Å²) in [5.74, 6) is -2.25. The molecule has 1 aromatic carbocycles. The number of carboxylic acids is 1. The monoisotopic (exact) mass is 355 g/mol. The predicted molar refractivity (Wildman–Crippen MR) is 86.2 cm³/mol. The zero-order valence-electron chi connectivity index (χ0n) is 13.9. The van der Waals surface area contributed by atoms with Gasteiger partial charge in [0.25, 0.3) is 0 Å². The molecule has 0 saturated carbocycles. The fraction of sp³-hybridized carbons (Fsp3) is 0.500. The molecule has 0 spiro atoms. The molecule has 132 valence electrons. The summed E-state index contributed by atoms with van der Waals surface area (Å²) in [6.45, 7) is 3.50. The first kappa shape index (κ1) is 18.4. The Morgan fingerprint density at radius 3 is 2.54 bits per heavy atom. The molecule has 1 aliphatic heterocycles. The van der Waals surface area contributed by atoms with Crippen molar-refractivity contribution in [3.8, 4) is 0 Å². The number of piperidine rings is 1. The van der Waals surface area contributed by atoms with E-state index < -0.39 is 33.9 Å². The number of benzene rings is 1. The summed E-state index contributed by atoms with van der Waals surface area (Å²) in [5, 5.41) is 9.27. The lowest BCUT2D eigenvalue weighted by atomic mass is 9.92. The summed E-state index contributed by atoms with van der Waals surface area (Å²) in [6, 6.07) is 3.60. The van der Waals surface area contributed by atoms with Gasteiger partial charge in [-0.05, 0) is 50.5 Å². The maximum atomic E-state index is 13.0. The van der Waals surface area contributed by atoms with E-state index in [1.165, 1.54) is 29.6 Å². The second-order valence-corrected chi connectivity index (χ2v) is 7.77. The van der Waals surface area contributed by atoms with Gasteiger partial charge in [-0.25, -0.2) is 13.2 Å². The fourth-order valence-electron chi connectivity index (χ4n) is 3.09. The van der Waals surface area contributed by atoms with Crippen molar-refractivity contribution in [3.63, 3.8) is 0 Å². The number of esters is 1. The number of ether oxygens (including phenoxy) is 1. The molecule has 0 aliphatic carbocycles. The zero-order valence-corrected chi connectivity index (χ0v) is 14.7. The van der Waals surface area contributed by atoms with Crippen LogP contribution in [-0.2, 0) is 19.6 Å². The number of methoxy groups -OCH3 is 1. The first-order valence-corrected chi connectivity index (χ1v) is 9.07. The van der Waals surface area contributed by atoms with E-state index in [2.05, 4.69) is 4.74 Å². The molecule has 2 atom stereocenters. The van der Waals surface area contributed by atoms with Gasteiger partial charge in [0.15, 0.2) is 0 Å². The molecule has 2 rings (SSSR count). The Morgan fingerprint density at radius 2 is 2.00 bits per heavy atom. The Hall–Kier alpha value is -1.93. The van der Waals surface area contributed by atoms with Crippen molar-refractivity contribution in [2.75, 3.05) is 13.7 Å². The Labute approximate surface area is 141 Å². The highest BCUT2D eigenvalue weighted by Gasteiger charge is 2.40. The average Bonchev–Trinajstić information content (AvgIpc) is 2.53. The highest BCUT2D eigenvalue weighted by atomic mass is 32.2. The quantitative estimate of drug-likeness (QED) is 0.824. The SMILES string of the molecule is COC(=O)c1ccc(S(=O)(=O)N2CCC[C@H](C(=O)O)[C@@H]2C)c(C)c1. The first-order chi connectivity index (χ1) is 11.2. The summed E-state index contributed by atoms with van der Waals surface area (Å²) >= 11 is 0. The van der Waals surface area contributed by atoms with Crippen LogP contribution in [0.25, 0.3) is 0 Å². The van der Waals surface area contributed by atoms with Gasteiger partial charge >= 0.3 is 11.9 Å². The van der Waals surface area contributed by atoms with Crippen molar-refractivity contribution in [2.24, 2.45) is 5.92 Å². The minimum absolute atomic E-state index is 0.0769. The van der Waals surface area contributed by atoms with Gasteiger partial charge in [-0.3, -0.25) is 4.79 Å². The number of rotatable bonds is 4. The number of carbonyl (C=O) groups is 2. The molecule has 1 N–H and O–H groups in total. The zero-order chi connectivity index (χ0) is 18.1. The summed E-state index contributed by atoms with van der Waals surface area (Å²) in [5.41, 5.74) is 0.687. The van der Waals surface area contributed by atoms with Crippen molar-refractivity contribution in [2.45, 2.75) is 37.6 Å². The number of hydrogen-bond donors (Lipinski definition) is 1. The van der Waals surface area contributed by atoms with Crippen molar-refractivity contribution in [3.05, 3.63) is 29.3 Å². The lowest BCUT2D eigenvalue weighted by Crippen LogP contribution is -2.49. The van der Waals surface area contributed by atoms with Gasteiger partial charge in [-0.15, -0.1) is 0 Å². The lowest BCUT2D eigenvalue weighted by molar-refractivity contribution is -0.144. The van der Waals surface area contributed by atoms with E-state index in [4.69, 9.17) is 0 Å². The molecule has 0 amide bonds. The second-order valence-electron chi connectivity index (χ2n) is 5.92. The van der Waals surface area contributed by atoms with E-state index >= 15 is 0 Å². The van der Waals surface area contributed by atoms with Crippen LogP contribution in [0.2, 0.25) is 0 Å². The fourth-order valence-corrected chi connectivity index (χ4v) is 5.00. The molecule has 7 nitrogen and oxygen atoms in total. The summed E-state index contributed by atoms with van der Waals surface area (Å²) in [4.78, 5) is 22.9. The average molecular weight is 355 g/mol. The Morgan fingerprint density at radius 1 is 1.33 bits per heavy atom. The molecule has 24 heavy (non-hydrogen) atoms. The van der Waals surface area contributed by atoms with E-state index in [1.807, 2.05) is 0 Å². The highest BCUT2D eigenvalue weighted by Crippen LogP contribution is 2.30. The van der Waals surface area contributed by atoms with Crippen LogP contribution in [0.3, 0.4) is 0 Å². The van der Waals surface area contributed by atoms with E-state index in [-0.39, 0.29) is 17.0 Å². The number of carboxylic acid groups (broad SMARTS) is 1. The van der Waals surface area contributed by atoms with E-state index in [9.17, 15) is 23.1 Å². The van der Waals surface area contributed by atoms with E-state index in [0.29, 0.717) is 18.4 Å². The molecule has 0 unspecified atom stereocenters. The number of hydrogen-bond acceptors (Lipinski definition) is 5. The van der Waals surface area contributed by atoms with Crippen LogP contribution in [0, 0.1) is 12.8 Å². The molecule has 1 heterocycles. The van der Waals surface area contributed by atoms with Crippen LogP contribution in [0.15, 0.2) is 23.1 Å². The number of aryl methyl sites for hydroxylation is 1. The van der Waals surface area contributed by atoms with Crippen LogP contribution in [0.4, 0.5) is 0 Å². The van der Waals surface area contributed by atoms with E-state index in [0.717, 1.165) is 0 Å². The predicted octanol–water partition coefficient (Wildman–Crippen LogP) is 1.66. The molecule has 1 aromatic rings. The second kappa shape index (κ2) is 6.90. The Kier molecular flexibility index (Phi) is 5.29. The normalized spacial score (nSPS) is 22.1. The van der Waals surface area contributed by atoms with Crippen LogP contribution in [0.5, 0.6) is 0 Å². The van der Waals surface area contributed by atoms with Gasteiger partial charge in [0.05, 0.1) is 23.5 Å². The van der Waals surface area contributed by atoms with Crippen LogP contribution in [-0.4, -0.2) is 49.5 Å². The van der Waals surface area contributed by atoms with Crippen molar-refractivity contribution >= 4 is 22.0 Å². The third kappa shape index (κ3) is 3.29. The highest BCUT2D eigenvalue weighted by molar-refractivity contribution is 7.89. The van der Waals surface area contributed by atoms with Gasteiger partial charge in [0.1, 0.15) is 0 Å². The molecular formula is C16H21NO6S. The summed E-state index contributed by atoms with van der Waals surface area (Å²) < 4.78 is 31.8. The number of aliphatic carboxylic acids is 1. The molecular weight excluding hydrogens is 334 g/mol. The van der Waals surface area contributed by atoms with Crippen LogP contribution >= 0.6 is 0 Å². The molecule has 0 radical (unpaired) electrons. The van der Waals surface area contributed by atoms with Gasteiger partial charge in [-0.2, -0.15) is 4.31 Å². The van der Waals surface area contributed by atoms with Crippen molar-refractivity contribution in [1.82, 2.24) is 4.31 Å². The van der Waals surface area contributed by atoms with Gasteiger partial charge < -0.3 is 9.84 Å². The maximum Gasteiger partial charge on any atom is 0.337 e. The first-order valence-electron chi connectivity index (χ1n) is 7.63. The smallest absolute Gasteiger partial charge is 0.337 e. The summed E-state index contributed by atoms with van der Waals surface area (Å²) in [6.07, 6.45) is 0.961. The number of carbonyl (C=O) groups excluding carboxylic acids is 1. The lowest BCUT2D eigenvalue weighted by Gasteiger charge is -2.36. The third-order valence-electron chi connectivity index (χ3n) is 4.43. The largest absolute Gasteiger partial charge is 0.481 e. The van der Waals surface area contributed by atoms with Crippen molar-refractivity contribution in [1.29, 1.82) is 0 Å². The van der Waals surface area contributed by atoms with Crippen molar-refractivity contribution < 1.29 is 27.9 Å². The molecule has 1 aliphatic rings. The third-order valence-corrected chi connectivity index (χ3v) is 6.58. The topological polar surface area (TPSA) is 101 Å². The van der Waals surface area contributed by atoms with Gasteiger partial charge in [-0.1, -0.05) is 0 Å². The number of nitrogens with zero attached hydrogens (tertiary/aromatic N) is 1. The standard InChI is InChI=1S/C16H21NO6S/c1-10-9-12(16(20)23-3)6-7-14(10)24(21,22)17-8-4-5-13(11(17)2)15(18)19/h6-7,9,11,13H,4-5,8H2,1-3H3,(H,18,19)/t11-,13-/m0/s1. The molecule has 0 bridgehead atoms. The minimum atomic E-state index is -3.84. The Bertz CT molecular complexity index is 758. The summed E-state index contributed by atoms with van der Waals surface area (Å²) in [7, 11) is -2.59. The number of sulfonamides is 1. The van der Waals surface area contributed by atoms with Crippen LogP contribution < -0.4 is 0 Å². The minimum Gasteiger partial charge on any atom is -0.481 e. The molecule has 1 fully saturated rings. The van der Waals surface area contributed by atoms with Crippen LogP contribution in [0.1, 0.15) is 35.7 Å². The van der Waals surface area contributed by atoms with Gasteiger partial charge in [0, 0.05) is 12.6 Å². The molecule has 0 aromatic heterocycles. The maximum absolute atomic E-state index is 13.0. The molecule has 8 heteroatoms. The molecule has 1 saturated heterocycles. The van der Waals surface area contributed by atoms with Gasteiger partial charge in [0.2, 0.25) is 10.0 Å². The Balaban J connectivity index is 2.40.